The largest absolute Gasteiger partial charge is 0.459 e. The number of ether oxygens (including phenoxy) is 1. The SMILES string of the molecule is O=C(CC1C(=O)Oc2ccccc2N1C(=O)c1ccco1)Nc1ccccc1. The van der Waals surface area contributed by atoms with Crippen LogP contribution in [0.2, 0.25) is 0 Å². The Morgan fingerprint density at radius 1 is 0.964 bits per heavy atom. The first-order chi connectivity index (χ1) is 13.6. The van der Waals surface area contributed by atoms with E-state index >= 15 is 0 Å². The first kappa shape index (κ1) is 17.5. The maximum atomic E-state index is 13.0. The van der Waals surface area contributed by atoms with E-state index in [0.717, 1.165) is 0 Å². The van der Waals surface area contributed by atoms with Gasteiger partial charge in [0.05, 0.1) is 18.4 Å². The molecular formula is C21H16N2O5. The summed E-state index contributed by atoms with van der Waals surface area (Å²) in [5.41, 5.74) is 1.00. The monoisotopic (exact) mass is 376 g/mol. The summed E-state index contributed by atoms with van der Waals surface area (Å²) in [5, 5.41) is 2.72. The van der Waals surface area contributed by atoms with Crippen molar-refractivity contribution in [3.63, 3.8) is 0 Å². The second-order valence-electron chi connectivity index (χ2n) is 6.18. The van der Waals surface area contributed by atoms with Crippen LogP contribution in [-0.2, 0) is 9.59 Å². The molecule has 1 aliphatic rings. The fourth-order valence-electron chi connectivity index (χ4n) is 3.05. The fraction of sp³-hybridized carbons (Fsp3) is 0.0952. The van der Waals surface area contributed by atoms with Gasteiger partial charge < -0.3 is 14.5 Å². The highest BCUT2D eigenvalue weighted by Gasteiger charge is 2.41. The molecule has 28 heavy (non-hydrogen) atoms. The number of carbonyl (C=O) groups is 3. The van der Waals surface area contributed by atoms with Crippen LogP contribution in [-0.4, -0.2) is 23.8 Å². The molecule has 1 aromatic heterocycles. The van der Waals surface area contributed by atoms with Gasteiger partial charge in [-0.3, -0.25) is 14.5 Å². The number of nitrogens with one attached hydrogen (secondary N) is 1. The predicted octanol–water partition coefficient (Wildman–Crippen LogP) is 3.24. The molecule has 0 spiro atoms. The van der Waals surface area contributed by atoms with Crippen LogP contribution in [0.4, 0.5) is 11.4 Å². The number of benzene rings is 2. The van der Waals surface area contributed by atoms with Crippen LogP contribution in [0.15, 0.2) is 77.4 Å². The van der Waals surface area contributed by atoms with E-state index in [1.54, 1.807) is 54.6 Å². The van der Waals surface area contributed by atoms with Gasteiger partial charge in [0, 0.05) is 5.69 Å². The van der Waals surface area contributed by atoms with Crippen molar-refractivity contribution in [2.45, 2.75) is 12.5 Å². The van der Waals surface area contributed by atoms with Crippen LogP contribution in [0, 0.1) is 0 Å². The normalized spacial score (nSPS) is 15.5. The first-order valence-electron chi connectivity index (χ1n) is 8.66. The van der Waals surface area contributed by atoms with Crippen molar-refractivity contribution in [1.82, 2.24) is 0 Å². The molecule has 0 saturated heterocycles. The third kappa shape index (κ3) is 3.37. The van der Waals surface area contributed by atoms with Crippen LogP contribution < -0.4 is 15.0 Å². The minimum atomic E-state index is -1.11. The number of esters is 1. The van der Waals surface area contributed by atoms with Crippen molar-refractivity contribution >= 4 is 29.2 Å². The van der Waals surface area contributed by atoms with Gasteiger partial charge in [0.2, 0.25) is 5.91 Å². The quantitative estimate of drug-likeness (QED) is 0.558. The van der Waals surface area contributed by atoms with Crippen molar-refractivity contribution in [2.24, 2.45) is 0 Å². The lowest BCUT2D eigenvalue weighted by Crippen LogP contribution is -2.51. The second-order valence-corrected chi connectivity index (χ2v) is 6.18. The summed E-state index contributed by atoms with van der Waals surface area (Å²) in [6, 6.07) is 17.5. The lowest BCUT2D eigenvalue weighted by molar-refractivity contribution is -0.138. The molecule has 140 valence electrons. The van der Waals surface area contributed by atoms with Crippen LogP contribution in [0.5, 0.6) is 5.75 Å². The smallest absolute Gasteiger partial charge is 0.335 e. The fourth-order valence-corrected chi connectivity index (χ4v) is 3.05. The molecule has 2 heterocycles. The molecule has 2 aromatic carbocycles. The zero-order chi connectivity index (χ0) is 19.5. The average Bonchev–Trinajstić information content (AvgIpc) is 3.24. The number of para-hydroxylation sites is 3. The minimum absolute atomic E-state index is 0.0676. The molecule has 0 saturated carbocycles. The molecule has 0 aliphatic carbocycles. The van der Waals surface area contributed by atoms with E-state index in [0.29, 0.717) is 11.4 Å². The summed E-state index contributed by atoms with van der Waals surface area (Å²) >= 11 is 0. The highest BCUT2D eigenvalue weighted by atomic mass is 16.5. The number of hydrogen-bond donors (Lipinski definition) is 1. The third-order valence-electron chi connectivity index (χ3n) is 4.31. The van der Waals surface area contributed by atoms with Crippen LogP contribution >= 0.6 is 0 Å². The topological polar surface area (TPSA) is 88.9 Å². The third-order valence-corrected chi connectivity index (χ3v) is 4.31. The number of carbonyl (C=O) groups excluding carboxylic acids is 3. The number of furan rings is 1. The Morgan fingerprint density at radius 3 is 2.46 bits per heavy atom. The molecule has 4 rings (SSSR count). The van der Waals surface area contributed by atoms with Gasteiger partial charge in [-0.2, -0.15) is 0 Å². The molecule has 1 atom stereocenters. The molecule has 3 aromatic rings. The standard InChI is InChI=1S/C21H16N2O5/c24-19(22-14-7-2-1-3-8-14)13-16-21(26)28-17-10-5-4-9-15(17)23(16)20(25)18-11-6-12-27-18/h1-12,16H,13H2,(H,22,24). The van der Waals surface area contributed by atoms with Crippen LogP contribution in [0.25, 0.3) is 0 Å². The summed E-state index contributed by atoms with van der Waals surface area (Å²) in [7, 11) is 0. The van der Waals surface area contributed by atoms with Crippen LogP contribution in [0.1, 0.15) is 17.0 Å². The Morgan fingerprint density at radius 2 is 1.71 bits per heavy atom. The van der Waals surface area contributed by atoms with Crippen molar-refractivity contribution < 1.29 is 23.5 Å². The molecular weight excluding hydrogens is 360 g/mol. The van der Waals surface area contributed by atoms with E-state index in [9.17, 15) is 14.4 Å². The summed E-state index contributed by atoms with van der Waals surface area (Å²) in [4.78, 5) is 39.4. The van der Waals surface area contributed by atoms with Crippen molar-refractivity contribution in [2.75, 3.05) is 10.2 Å². The minimum Gasteiger partial charge on any atom is -0.459 e. The summed E-state index contributed by atoms with van der Waals surface area (Å²) in [6.45, 7) is 0. The van der Waals surface area contributed by atoms with E-state index in [-0.39, 0.29) is 17.9 Å². The van der Waals surface area contributed by atoms with E-state index < -0.39 is 23.8 Å². The van der Waals surface area contributed by atoms with Gasteiger partial charge in [-0.15, -0.1) is 0 Å². The van der Waals surface area contributed by atoms with Gasteiger partial charge in [-0.1, -0.05) is 30.3 Å². The first-order valence-corrected chi connectivity index (χ1v) is 8.66. The molecule has 2 amide bonds. The number of hydrogen-bond acceptors (Lipinski definition) is 5. The highest BCUT2D eigenvalue weighted by molar-refractivity contribution is 6.11. The Bertz CT molecular complexity index is 1010. The number of amides is 2. The number of anilines is 2. The van der Waals surface area contributed by atoms with E-state index in [2.05, 4.69) is 5.32 Å². The lowest BCUT2D eigenvalue weighted by atomic mass is 10.1. The van der Waals surface area contributed by atoms with Crippen molar-refractivity contribution in [3.05, 3.63) is 78.8 Å². The van der Waals surface area contributed by atoms with Crippen molar-refractivity contribution in [1.29, 1.82) is 0 Å². The molecule has 7 heteroatoms. The Kier molecular flexibility index (Phi) is 4.63. The summed E-state index contributed by atoms with van der Waals surface area (Å²) in [6.07, 6.45) is 1.12. The zero-order valence-electron chi connectivity index (χ0n) is 14.7. The molecule has 0 fully saturated rings. The van der Waals surface area contributed by atoms with E-state index in [4.69, 9.17) is 9.15 Å². The maximum Gasteiger partial charge on any atom is 0.335 e. The molecule has 1 unspecified atom stereocenters. The van der Waals surface area contributed by atoms with Crippen LogP contribution in [0.3, 0.4) is 0 Å². The van der Waals surface area contributed by atoms with Gasteiger partial charge in [0.1, 0.15) is 6.04 Å². The molecule has 1 aliphatic heterocycles. The molecule has 0 bridgehead atoms. The summed E-state index contributed by atoms with van der Waals surface area (Å²) < 4.78 is 10.6. The summed E-state index contributed by atoms with van der Waals surface area (Å²) in [5.74, 6) is -1.29. The molecule has 0 radical (unpaired) electrons. The van der Waals surface area contributed by atoms with Gasteiger partial charge in [0.15, 0.2) is 11.5 Å². The van der Waals surface area contributed by atoms with Gasteiger partial charge in [-0.25, -0.2) is 4.79 Å². The maximum absolute atomic E-state index is 13.0. The van der Waals surface area contributed by atoms with Gasteiger partial charge in [-0.05, 0) is 36.4 Å². The Labute approximate surface area is 160 Å². The Hall–Kier alpha value is -3.87. The highest BCUT2D eigenvalue weighted by Crippen LogP contribution is 2.36. The number of fused-ring (bicyclic) bond motifs is 1. The average molecular weight is 376 g/mol. The number of nitrogens with zero attached hydrogens (tertiary/aromatic N) is 1. The lowest BCUT2D eigenvalue weighted by Gasteiger charge is -2.34. The van der Waals surface area contributed by atoms with E-state index in [1.165, 1.54) is 17.2 Å². The second kappa shape index (κ2) is 7.40. The molecule has 1 N–H and O–H groups in total. The predicted molar refractivity (Wildman–Crippen MR) is 101 cm³/mol. The van der Waals surface area contributed by atoms with E-state index in [1.807, 2.05) is 6.07 Å². The Balaban J connectivity index is 1.64. The number of rotatable bonds is 4. The van der Waals surface area contributed by atoms with Gasteiger partial charge >= 0.3 is 5.97 Å². The molecule has 7 nitrogen and oxygen atoms in total. The van der Waals surface area contributed by atoms with Gasteiger partial charge in [0.25, 0.3) is 5.91 Å². The van der Waals surface area contributed by atoms with Crippen molar-refractivity contribution in [3.8, 4) is 5.75 Å². The zero-order valence-corrected chi connectivity index (χ0v) is 14.7.